The number of carbonyl (C=O) groups is 2. The van der Waals surface area contributed by atoms with Crippen molar-refractivity contribution >= 4 is 17.8 Å². The van der Waals surface area contributed by atoms with Crippen LogP contribution in [-0.4, -0.2) is 40.0 Å². The lowest BCUT2D eigenvalue weighted by molar-refractivity contribution is -0.125. The van der Waals surface area contributed by atoms with E-state index in [1.165, 1.54) is 6.07 Å². The maximum Gasteiger partial charge on any atom is 0.335 e. The molecule has 2 aromatic rings. The largest absolute Gasteiger partial charge is 0.478 e. The predicted octanol–water partition coefficient (Wildman–Crippen LogP) is 1.71. The van der Waals surface area contributed by atoms with Crippen LogP contribution in [0.5, 0.6) is 0 Å². The van der Waals surface area contributed by atoms with Gasteiger partial charge in [-0.3, -0.25) is 4.79 Å². The minimum Gasteiger partial charge on any atom is -0.478 e. The topological polar surface area (TPSA) is 95.4 Å². The Bertz CT molecular complexity index is 751. The number of anilines is 1. The molecular weight excluding hydrogens is 320 g/mol. The fraction of sp³-hybridized carbons (Fsp3) is 0.333. The van der Waals surface area contributed by atoms with E-state index in [1.807, 2.05) is 4.90 Å². The zero-order valence-electron chi connectivity index (χ0n) is 13.8. The summed E-state index contributed by atoms with van der Waals surface area (Å²) in [5, 5.41) is 11.9. The monoisotopic (exact) mass is 340 g/mol. The van der Waals surface area contributed by atoms with E-state index in [0.29, 0.717) is 19.0 Å². The van der Waals surface area contributed by atoms with Gasteiger partial charge in [-0.15, -0.1) is 0 Å². The number of nitrogens with zero attached hydrogens (tertiary/aromatic N) is 3. The third kappa shape index (κ3) is 4.32. The summed E-state index contributed by atoms with van der Waals surface area (Å²) in [7, 11) is 0. The highest BCUT2D eigenvalue weighted by Crippen LogP contribution is 2.20. The number of carboxylic acid groups (broad SMARTS) is 1. The second-order valence-electron chi connectivity index (χ2n) is 6.06. The normalized spacial score (nSPS) is 17.1. The minimum atomic E-state index is -0.973. The average Bonchev–Trinajstić information content (AvgIpc) is 2.67. The highest BCUT2D eigenvalue weighted by atomic mass is 16.4. The smallest absolute Gasteiger partial charge is 0.335 e. The molecule has 0 spiro atoms. The van der Waals surface area contributed by atoms with Crippen LogP contribution in [0.2, 0.25) is 0 Å². The van der Waals surface area contributed by atoms with E-state index < -0.39 is 5.97 Å². The van der Waals surface area contributed by atoms with Gasteiger partial charge in [-0.05, 0) is 36.6 Å². The van der Waals surface area contributed by atoms with Crippen molar-refractivity contribution in [1.29, 1.82) is 0 Å². The summed E-state index contributed by atoms with van der Waals surface area (Å²) in [5.74, 6) is -0.477. The highest BCUT2D eigenvalue weighted by Gasteiger charge is 2.26. The Kier molecular flexibility index (Phi) is 5.23. The Morgan fingerprint density at radius 3 is 2.80 bits per heavy atom. The molecule has 7 heteroatoms. The lowest BCUT2D eigenvalue weighted by Gasteiger charge is -2.31. The Labute approximate surface area is 145 Å². The number of amides is 1. The summed E-state index contributed by atoms with van der Waals surface area (Å²) in [5.41, 5.74) is 0.990. The summed E-state index contributed by atoms with van der Waals surface area (Å²) >= 11 is 0. The molecule has 0 radical (unpaired) electrons. The fourth-order valence-electron chi connectivity index (χ4n) is 2.98. The van der Waals surface area contributed by atoms with Crippen LogP contribution in [-0.2, 0) is 11.3 Å². The van der Waals surface area contributed by atoms with Crippen molar-refractivity contribution in [3.8, 4) is 0 Å². The molecule has 3 rings (SSSR count). The second kappa shape index (κ2) is 7.74. The van der Waals surface area contributed by atoms with Crippen LogP contribution >= 0.6 is 0 Å². The molecule has 130 valence electrons. The Balaban J connectivity index is 1.58. The highest BCUT2D eigenvalue weighted by molar-refractivity contribution is 5.87. The Hall–Kier alpha value is -2.96. The number of nitrogens with one attached hydrogen (secondary N) is 1. The molecule has 1 atom stereocenters. The summed E-state index contributed by atoms with van der Waals surface area (Å²) in [6, 6.07) is 8.36. The number of carbonyl (C=O) groups excluding carboxylic acids is 1. The van der Waals surface area contributed by atoms with Crippen LogP contribution in [0.15, 0.2) is 42.7 Å². The van der Waals surface area contributed by atoms with Gasteiger partial charge in [0.1, 0.15) is 0 Å². The summed E-state index contributed by atoms with van der Waals surface area (Å²) < 4.78 is 0. The van der Waals surface area contributed by atoms with E-state index in [4.69, 9.17) is 5.11 Å². The van der Waals surface area contributed by atoms with E-state index in [-0.39, 0.29) is 17.4 Å². The lowest BCUT2D eigenvalue weighted by Crippen LogP contribution is -2.43. The first kappa shape index (κ1) is 16.9. The SMILES string of the molecule is O=C(O)c1cccc(CNC(=O)C2CCCN(c3ncccn3)C2)c1. The summed E-state index contributed by atoms with van der Waals surface area (Å²) in [6.07, 6.45) is 5.12. The summed E-state index contributed by atoms with van der Waals surface area (Å²) in [6.45, 7) is 1.75. The maximum atomic E-state index is 12.5. The van der Waals surface area contributed by atoms with Gasteiger partial charge >= 0.3 is 5.97 Å². The van der Waals surface area contributed by atoms with Crippen molar-refractivity contribution in [2.24, 2.45) is 5.92 Å². The quantitative estimate of drug-likeness (QED) is 0.860. The Morgan fingerprint density at radius 2 is 2.04 bits per heavy atom. The molecule has 1 fully saturated rings. The van der Waals surface area contributed by atoms with Crippen LogP contribution < -0.4 is 10.2 Å². The van der Waals surface area contributed by atoms with Gasteiger partial charge in [0.15, 0.2) is 0 Å². The van der Waals surface area contributed by atoms with Crippen LogP contribution in [0.1, 0.15) is 28.8 Å². The zero-order valence-corrected chi connectivity index (χ0v) is 13.8. The molecule has 1 aromatic carbocycles. The molecule has 2 N–H and O–H groups in total. The molecule has 1 unspecified atom stereocenters. The van der Waals surface area contributed by atoms with Gasteiger partial charge in [-0.1, -0.05) is 12.1 Å². The number of benzene rings is 1. The number of aromatic carboxylic acids is 1. The first-order valence-corrected chi connectivity index (χ1v) is 8.25. The number of rotatable bonds is 5. The van der Waals surface area contributed by atoms with E-state index in [2.05, 4.69) is 15.3 Å². The zero-order chi connectivity index (χ0) is 17.6. The van der Waals surface area contributed by atoms with Gasteiger partial charge in [0.25, 0.3) is 0 Å². The molecule has 2 heterocycles. The van der Waals surface area contributed by atoms with E-state index in [9.17, 15) is 9.59 Å². The standard InChI is InChI=1S/C18H20N4O3/c23-16(21-11-13-4-1-5-14(10-13)17(24)25)15-6-2-9-22(12-15)18-19-7-3-8-20-18/h1,3-5,7-8,10,15H,2,6,9,11-12H2,(H,21,23)(H,24,25). The van der Waals surface area contributed by atoms with Gasteiger partial charge in [-0.25, -0.2) is 14.8 Å². The van der Waals surface area contributed by atoms with E-state index >= 15 is 0 Å². The van der Waals surface area contributed by atoms with Gasteiger partial charge in [0.2, 0.25) is 11.9 Å². The molecule has 1 aliphatic heterocycles. The van der Waals surface area contributed by atoms with Gasteiger partial charge in [0.05, 0.1) is 11.5 Å². The van der Waals surface area contributed by atoms with Crippen LogP contribution in [0, 0.1) is 5.92 Å². The molecule has 0 bridgehead atoms. The van der Waals surface area contributed by atoms with E-state index in [0.717, 1.165) is 24.9 Å². The first-order valence-electron chi connectivity index (χ1n) is 8.25. The van der Waals surface area contributed by atoms with Gasteiger partial charge < -0.3 is 15.3 Å². The molecule has 0 saturated carbocycles. The molecule has 1 aromatic heterocycles. The predicted molar refractivity (Wildman–Crippen MR) is 92.2 cm³/mol. The number of carboxylic acids is 1. The van der Waals surface area contributed by atoms with Crippen molar-refractivity contribution in [1.82, 2.24) is 15.3 Å². The van der Waals surface area contributed by atoms with Crippen molar-refractivity contribution in [2.45, 2.75) is 19.4 Å². The van der Waals surface area contributed by atoms with Crippen molar-refractivity contribution in [3.05, 3.63) is 53.9 Å². The molecule has 1 amide bonds. The number of hydrogen-bond acceptors (Lipinski definition) is 5. The maximum absolute atomic E-state index is 12.5. The number of piperidine rings is 1. The first-order chi connectivity index (χ1) is 12.1. The molecule has 7 nitrogen and oxygen atoms in total. The molecular formula is C18H20N4O3. The number of aromatic nitrogens is 2. The van der Waals surface area contributed by atoms with Crippen LogP contribution in [0.4, 0.5) is 5.95 Å². The van der Waals surface area contributed by atoms with Crippen LogP contribution in [0.3, 0.4) is 0 Å². The van der Waals surface area contributed by atoms with Gasteiger partial charge in [-0.2, -0.15) is 0 Å². The molecule has 0 aliphatic carbocycles. The van der Waals surface area contributed by atoms with Crippen molar-refractivity contribution in [2.75, 3.05) is 18.0 Å². The third-order valence-electron chi connectivity index (χ3n) is 4.27. The second-order valence-corrected chi connectivity index (χ2v) is 6.06. The summed E-state index contributed by atoms with van der Waals surface area (Å²) in [4.78, 5) is 34.0. The van der Waals surface area contributed by atoms with E-state index in [1.54, 1.807) is 36.7 Å². The fourth-order valence-corrected chi connectivity index (χ4v) is 2.98. The molecule has 1 aliphatic rings. The van der Waals surface area contributed by atoms with Crippen molar-refractivity contribution < 1.29 is 14.7 Å². The molecule has 1 saturated heterocycles. The van der Waals surface area contributed by atoms with Crippen molar-refractivity contribution in [3.63, 3.8) is 0 Å². The average molecular weight is 340 g/mol. The molecule has 25 heavy (non-hydrogen) atoms. The Morgan fingerprint density at radius 1 is 1.24 bits per heavy atom. The van der Waals surface area contributed by atoms with Crippen LogP contribution in [0.25, 0.3) is 0 Å². The van der Waals surface area contributed by atoms with Gasteiger partial charge in [0, 0.05) is 32.0 Å². The minimum absolute atomic E-state index is 0.0265. The third-order valence-corrected chi connectivity index (χ3v) is 4.27. The number of hydrogen-bond donors (Lipinski definition) is 2. The lowest BCUT2D eigenvalue weighted by atomic mass is 9.97.